The van der Waals surface area contributed by atoms with Gasteiger partial charge >= 0.3 is 5.97 Å². The van der Waals surface area contributed by atoms with Gasteiger partial charge in [0.05, 0.1) is 12.2 Å². The van der Waals surface area contributed by atoms with Crippen LogP contribution in [0.25, 0.3) is 0 Å². The van der Waals surface area contributed by atoms with E-state index in [0.29, 0.717) is 17.2 Å². The zero-order valence-corrected chi connectivity index (χ0v) is 17.3. The maximum atomic E-state index is 12.7. The first-order valence-corrected chi connectivity index (χ1v) is 10.3. The second kappa shape index (κ2) is 9.72. The third-order valence-corrected chi connectivity index (χ3v) is 6.41. The van der Waals surface area contributed by atoms with Gasteiger partial charge < -0.3 is 10.1 Å². The standard InChI is InChI=1S/C19H28N2O3S.ClH/c1-3-21-11-10-14-15(12-21)25-18(16(14)19(23)24-4-2)20-17(22)13-8-6-5-7-9-13;/h13H,3-12H2,1-2H3,(H,20,22);1H. The number of hydrogen-bond acceptors (Lipinski definition) is 5. The van der Waals surface area contributed by atoms with Crippen LogP contribution in [0.2, 0.25) is 0 Å². The fourth-order valence-corrected chi connectivity index (χ4v) is 5.09. The van der Waals surface area contributed by atoms with Crippen LogP contribution in [0.4, 0.5) is 5.00 Å². The van der Waals surface area contributed by atoms with Gasteiger partial charge in [-0.15, -0.1) is 23.7 Å². The summed E-state index contributed by atoms with van der Waals surface area (Å²) >= 11 is 1.55. The van der Waals surface area contributed by atoms with Crippen molar-refractivity contribution < 1.29 is 14.3 Å². The third-order valence-electron chi connectivity index (χ3n) is 5.28. The highest BCUT2D eigenvalue weighted by Crippen LogP contribution is 2.38. The van der Waals surface area contributed by atoms with E-state index in [4.69, 9.17) is 4.74 Å². The number of esters is 1. The van der Waals surface area contributed by atoms with E-state index in [-0.39, 0.29) is 30.2 Å². The van der Waals surface area contributed by atoms with Crippen molar-refractivity contribution in [1.29, 1.82) is 0 Å². The van der Waals surface area contributed by atoms with Gasteiger partial charge in [0.2, 0.25) is 5.91 Å². The van der Waals surface area contributed by atoms with Crippen LogP contribution in [-0.2, 0) is 22.5 Å². The molecule has 146 valence electrons. The van der Waals surface area contributed by atoms with Crippen LogP contribution in [-0.4, -0.2) is 36.5 Å². The lowest BCUT2D eigenvalue weighted by Crippen LogP contribution is -2.30. The largest absolute Gasteiger partial charge is 0.462 e. The highest BCUT2D eigenvalue weighted by Gasteiger charge is 2.30. The average Bonchev–Trinajstić information content (AvgIpc) is 2.99. The fourth-order valence-electron chi connectivity index (χ4n) is 3.81. The summed E-state index contributed by atoms with van der Waals surface area (Å²) in [5.41, 5.74) is 1.67. The number of likely N-dealkylation sites (N-methyl/N-ethyl adjacent to an activating group) is 1. The summed E-state index contributed by atoms with van der Waals surface area (Å²) < 4.78 is 5.28. The zero-order chi connectivity index (χ0) is 17.8. The summed E-state index contributed by atoms with van der Waals surface area (Å²) in [5.74, 6) is -0.157. The van der Waals surface area contributed by atoms with E-state index in [0.717, 1.165) is 57.3 Å². The number of fused-ring (bicyclic) bond motifs is 1. The van der Waals surface area contributed by atoms with Gasteiger partial charge in [-0.05, 0) is 38.3 Å². The Bertz CT molecular complexity index is 641. The number of amides is 1. The molecule has 3 rings (SSSR count). The summed E-state index contributed by atoms with van der Waals surface area (Å²) in [6, 6.07) is 0. The number of halogens is 1. The number of hydrogen-bond donors (Lipinski definition) is 1. The van der Waals surface area contributed by atoms with Crippen LogP contribution in [0.15, 0.2) is 0 Å². The summed E-state index contributed by atoms with van der Waals surface area (Å²) in [6.45, 7) is 7.10. The number of carbonyl (C=O) groups excluding carboxylic acids is 2. The number of nitrogens with zero attached hydrogens (tertiary/aromatic N) is 1. The molecule has 5 nitrogen and oxygen atoms in total. The van der Waals surface area contributed by atoms with E-state index >= 15 is 0 Å². The Morgan fingerprint density at radius 3 is 2.62 bits per heavy atom. The molecule has 0 aromatic carbocycles. The van der Waals surface area contributed by atoms with Gasteiger partial charge in [-0.3, -0.25) is 9.69 Å². The maximum Gasteiger partial charge on any atom is 0.341 e. The summed E-state index contributed by atoms with van der Waals surface area (Å²) in [5, 5.41) is 3.76. The monoisotopic (exact) mass is 400 g/mol. The minimum Gasteiger partial charge on any atom is -0.462 e. The van der Waals surface area contributed by atoms with Gasteiger partial charge in [0, 0.05) is 23.9 Å². The number of nitrogens with one attached hydrogen (secondary N) is 1. The molecule has 1 N–H and O–H groups in total. The topological polar surface area (TPSA) is 58.6 Å². The molecule has 7 heteroatoms. The van der Waals surface area contributed by atoms with Gasteiger partial charge in [-0.25, -0.2) is 4.79 Å². The smallest absolute Gasteiger partial charge is 0.341 e. The molecule has 0 spiro atoms. The molecule has 0 radical (unpaired) electrons. The average molecular weight is 401 g/mol. The van der Waals surface area contributed by atoms with Crippen LogP contribution < -0.4 is 5.32 Å². The van der Waals surface area contributed by atoms with Crippen LogP contribution in [0.3, 0.4) is 0 Å². The number of rotatable bonds is 5. The van der Waals surface area contributed by atoms with Crippen molar-refractivity contribution in [2.75, 3.05) is 25.0 Å². The third kappa shape index (κ3) is 4.59. The number of anilines is 1. The second-order valence-corrected chi connectivity index (χ2v) is 7.98. The molecule has 1 aliphatic heterocycles. The molecular formula is C19H29ClN2O3S. The Labute approximate surface area is 165 Å². The van der Waals surface area contributed by atoms with Crippen LogP contribution in [0.5, 0.6) is 0 Å². The first kappa shape index (κ1) is 21.2. The molecule has 1 aliphatic carbocycles. The van der Waals surface area contributed by atoms with Crippen molar-refractivity contribution in [3.05, 3.63) is 16.0 Å². The Morgan fingerprint density at radius 1 is 1.23 bits per heavy atom. The van der Waals surface area contributed by atoms with Crippen molar-refractivity contribution in [2.45, 2.75) is 58.9 Å². The summed E-state index contributed by atoms with van der Waals surface area (Å²) in [7, 11) is 0. The van der Waals surface area contributed by atoms with Crippen molar-refractivity contribution in [1.82, 2.24) is 4.90 Å². The lowest BCUT2D eigenvalue weighted by atomic mass is 9.88. The van der Waals surface area contributed by atoms with Gasteiger partial charge in [0.25, 0.3) is 0 Å². The highest BCUT2D eigenvalue weighted by molar-refractivity contribution is 7.17. The molecular weight excluding hydrogens is 372 g/mol. The Morgan fingerprint density at radius 2 is 1.96 bits per heavy atom. The molecule has 0 saturated heterocycles. The minimum absolute atomic E-state index is 0. The predicted octanol–water partition coefficient (Wildman–Crippen LogP) is 4.24. The molecule has 1 amide bonds. The molecule has 0 unspecified atom stereocenters. The van der Waals surface area contributed by atoms with Gasteiger partial charge in [0.1, 0.15) is 5.00 Å². The van der Waals surface area contributed by atoms with Crippen LogP contribution in [0, 0.1) is 5.92 Å². The van der Waals surface area contributed by atoms with Crippen LogP contribution in [0.1, 0.15) is 66.8 Å². The van der Waals surface area contributed by atoms with Crippen molar-refractivity contribution in [3.63, 3.8) is 0 Å². The Hall–Kier alpha value is -1.11. The second-order valence-electron chi connectivity index (χ2n) is 6.87. The van der Waals surface area contributed by atoms with E-state index in [1.165, 1.54) is 11.3 Å². The molecule has 1 aromatic heterocycles. The first-order valence-electron chi connectivity index (χ1n) is 9.48. The normalized spacial score (nSPS) is 17.9. The van der Waals surface area contributed by atoms with E-state index in [1.54, 1.807) is 11.3 Å². The number of thiophene rings is 1. The molecule has 0 atom stereocenters. The van der Waals surface area contributed by atoms with Crippen LogP contribution >= 0.6 is 23.7 Å². The van der Waals surface area contributed by atoms with Gasteiger partial charge in [-0.2, -0.15) is 0 Å². The Balaban J connectivity index is 0.00000243. The number of carbonyl (C=O) groups is 2. The molecule has 26 heavy (non-hydrogen) atoms. The lowest BCUT2D eigenvalue weighted by molar-refractivity contribution is -0.120. The fraction of sp³-hybridized carbons (Fsp3) is 0.684. The van der Waals surface area contributed by atoms with Crippen molar-refractivity contribution in [3.8, 4) is 0 Å². The zero-order valence-electron chi connectivity index (χ0n) is 15.6. The molecule has 2 heterocycles. The quantitative estimate of drug-likeness (QED) is 0.751. The first-order chi connectivity index (χ1) is 12.1. The minimum atomic E-state index is -0.302. The lowest BCUT2D eigenvalue weighted by Gasteiger charge is -2.25. The SMILES string of the molecule is CCOC(=O)c1c(NC(=O)C2CCCCC2)sc2c1CCN(CC)C2.Cl. The molecule has 0 bridgehead atoms. The van der Waals surface area contributed by atoms with Gasteiger partial charge in [-0.1, -0.05) is 26.2 Å². The molecule has 1 saturated carbocycles. The van der Waals surface area contributed by atoms with Crippen molar-refractivity contribution in [2.24, 2.45) is 5.92 Å². The predicted molar refractivity (Wildman–Crippen MR) is 107 cm³/mol. The molecule has 2 aliphatic rings. The van der Waals surface area contributed by atoms with Crippen molar-refractivity contribution >= 4 is 40.6 Å². The maximum absolute atomic E-state index is 12.7. The molecule has 1 fully saturated rings. The van der Waals surface area contributed by atoms with E-state index in [2.05, 4.69) is 17.1 Å². The number of ether oxygens (including phenoxy) is 1. The van der Waals surface area contributed by atoms with E-state index in [9.17, 15) is 9.59 Å². The van der Waals surface area contributed by atoms with Gasteiger partial charge in [0.15, 0.2) is 0 Å². The Kier molecular flexibility index (Phi) is 7.92. The highest BCUT2D eigenvalue weighted by atomic mass is 35.5. The van der Waals surface area contributed by atoms with E-state index in [1.807, 2.05) is 6.92 Å². The summed E-state index contributed by atoms with van der Waals surface area (Å²) in [4.78, 5) is 28.7. The molecule has 1 aromatic rings. The summed E-state index contributed by atoms with van der Waals surface area (Å²) in [6.07, 6.45) is 6.21. The van der Waals surface area contributed by atoms with E-state index < -0.39 is 0 Å².